The molecule has 0 saturated carbocycles. The molecule has 0 heterocycles. The van der Waals surface area contributed by atoms with Crippen LogP contribution in [0.25, 0.3) is 0 Å². The molecule has 0 aliphatic carbocycles. The quantitative estimate of drug-likeness (QED) is 0.258. The standard InChI is InChI=1S/C9H19NO5S/c10-8(7-16)9(12)15-6-5-14-4-3-13-2-1-11/h8,11,16H,1-7,10H2/t8-/m0/s1. The summed E-state index contributed by atoms with van der Waals surface area (Å²) in [5, 5.41) is 8.40. The highest BCUT2D eigenvalue weighted by Gasteiger charge is 2.11. The van der Waals surface area contributed by atoms with E-state index in [2.05, 4.69) is 12.6 Å². The van der Waals surface area contributed by atoms with Crippen LogP contribution >= 0.6 is 12.6 Å². The van der Waals surface area contributed by atoms with Gasteiger partial charge in [0.2, 0.25) is 0 Å². The summed E-state index contributed by atoms with van der Waals surface area (Å²) in [5.41, 5.74) is 5.38. The van der Waals surface area contributed by atoms with Gasteiger partial charge in [-0.05, 0) is 0 Å². The first-order valence-corrected chi connectivity index (χ1v) is 5.65. The molecule has 0 radical (unpaired) electrons. The van der Waals surface area contributed by atoms with Crippen molar-refractivity contribution in [2.45, 2.75) is 6.04 Å². The Hall–Kier alpha value is -0.340. The van der Waals surface area contributed by atoms with E-state index in [1.807, 2.05) is 0 Å². The number of hydrogen-bond donors (Lipinski definition) is 3. The Labute approximate surface area is 100 Å². The van der Waals surface area contributed by atoms with Crippen LogP contribution < -0.4 is 5.73 Å². The zero-order chi connectivity index (χ0) is 12.2. The van der Waals surface area contributed by atoms with Crippen LogP contribution in [-0.4, -0.2) is 62.5 Å². The molecular weight excluding hydrogens is 234 g/mol. The Morgan fingerprint density at radius 1 is 1.19 bits per heavy atom. The molecule has 0 unspecified atom stereocenters. The molecule has 16 heavy (non-hydrogen) atoms. The minimum Gasteiger partial charge on any atom is -0.462 e. The number of aliphatic hydroxyl groups excluding tert-OH is 1. The second kappa shape index (κ2) is 11.2. The zero-order valence-corrected chi connectivity index (χ0v) is 10.0. The van der Waals surface area contributed by atoms with E-state index in [9.17, 15) is 4.79 Å². The van der Waals surface area contributed by atoms with Crippen LogP contribution in [0.15, 0.2) is 0 Å². The van der Waals surface area contributed by atoms with Crippen LogP contribution in [0.4, 0.5) is 0 Å². The smallest absolute Gasteiger partial charge is 0.323 e. The number of nitrogens with two attached hydrogens (primary N) is 1. The third kappa shape index (κ3) is 8.93. The minimum absolute atomic E-state index is 0.000765. The van der Waals surface area contributed by atoms with Crippen molar-refractivity contribution in [1.82, 2.24) is 0 Å². The van der Waals surface area contributed by atoms with E-state index in [0.717, 1.165) is 0 Å². The molecule has 0 aromatic carbocycles. The van der Waals surface area contributed by atoms with E-state index in [1.165, 1.54) is 0 Å². The van der Waals surface area contributed by atoms with E-state index < -0.39 is 12.0 Å². The number of ether oxygens (including phenoxy) is 3. The third-order valence-corrected chi connectivity index (χ3v) is 1.97. The van der Waals surface area contributed by atoms with Crippen LogP contribution in [0, 0.1) is 0 Å². The number of carbonyl (C=O) groups excluding carboxylic acids is 1. The summed E-state index contributed by atoms with van der Waals surface area (Å²) in [6, 6.07) is -0.684. The fourth-order valence-electron chi connectivity index (χ4n) is 0.769. The van der Waals surface area contributed by atoms with Crippen molar-refractivity contribution in [3.05, 3.63) is 0 Å². The Kier molecular flexibility index (Phi) is 10.9. The lowest BCUT2D eigenvalue weighted by molar-refractivity contribution is -0.146. The maximum absolute atomic E-state index is 11.0. The highest BCUT2D eigenvalue weighted by Crippen LogP contribution is 1.89. The average Bonchev–Trinajstić information content (AvgIpc) is 2.31. The summed E-state index contributed by atoms with van der Waals surface area (Å²) in [6.45, 7) is 1.57. The van der Waals surface area contributed by atoms with Gasteiger partial charge in [0, 0.05) is 5.75 Å². The summed E-state index contributed by atoms with van der Waals surface area (Å²) < 4.78 is 14.9. The largest absolute Gasteiger partial charge is 0.462 e. The number of thiol groups is 1. The summed E-state index contributed by atoms with van der Waals surface area (Å²) in [5.74, 6) is -0.218. The molecule has 0 aliphatic heterocycles. The fourth-order valence-corrected chi connectivity index (χ4v) is 0.918. The van der Waals surface area contributed by atoms with E-state index in [4.69, 9.17) is 25.1 Å². The lowest BCUT2D eigenvalue weighted by Gasteiger charge is -2.09. The molecular formula is C9H19NO5S. The number of hydrogen-bond acceptors (Lipinski definition) is 7. The third-order valence-electron chi connectivity index (χ3n) is 1.58. The van der Waals surface area contributed by atoms with Crippen molar-refractivity contribution in [2.75, 3.05) is 45.4 Å². The van der Waals surface area contributed by atoms with Crippen molar-refractivity contribution >= 4 is 18.6 Å². The molecule has 0 aromatic heterocycles. The van der Waals surface area contributed by atoms with Gasteiger partial charge in [-0.15, -0.1) is 0 Å². The van der Waals surface area contributed by atoms with Crippen molar-refractivity contribution in [3.63, 3.8) is 0 Å². The van der Waals surface area contributed by atoms with Gasteiger partial charge in [0.25, 0.3) is 0 Å². The number of esters is 1. The zero-order valence-electron chi connectivity index (χ0n) is 9.13. The van der Waals surface area contributed by atoms with Crippen molar-refractivity contribution in [1.29, 1.82) is 0 Å². The van der Waals surface area contributed by atoms with Crippen LogP contribution in [-0.2, 0) is 19.0 Å². The summed E-state index contributed by atoms with van der Waals surface area (Å²) in [7, 11) is 0. The molecule has 0 aliphatic rings. The van der Waals surface area contributed by atoms with Crippen molar-refractivity contribution in [2.24, 2.45) is 5.73 Å². The predicted molar refractivity (Wildman–Crippen MR) is 61.5 cm³/mol. The Morgan fingerprint density at radius 2 is 1.75 bits per heavy atom. The summed E-state index contributed by atoms with van der Waals surface area (Å²) in [4.78, 5) is 11.0. The maximum Gasteiger partial charge on any atom is 0.323 e. The Balaban J connectivity index is 3.18. The highest BCUT2D eigenvalue weighted by molar-refractivity contribution is 7.80. The van der Waals surface area contributed by atoms with Crippen molar-refractivity contribution in [3.8, 4) is 0 Å². The van der Waals surface area contributed by atoms with Gasteiger partial charge in [0.05, 0.1) is 33.0 Å². The van der Waals surface area contributed by atoms with E-state index in [0.29, 0.717) is 26.4 Å². The van der Waals surface area contributed by atoms with Crippen LogP contribution in [0.2, 0.25) is 0 Å². The van der Waals surface area contributed by atoms with Gasteiger partial charge < -0.3 is 25.1 Å². The van der Waals surface area contributed by atoms with Gasteiger partial charge in [-0.1, -0.05) is 0 Å². The van der Waals surface area contributed by atoms with E-state index in [1.54, 1.807) is 0 Å². The van der Waals surface area contributed by atoms with Gasteiger partial charge >= 0.3 is 5.97 Å². The number of rotatable bonds is 10. The first kappa shape index (κ1) is 15.7. The Bertz CT molecular complexity index is 181. The SMILES string of the molecule is N[C@@H](CS)C(=O)OCCOCCOCCO. The molecule has 0 rings (SSSR count). The summed E-state index contributed by atoms with van der Waals surface area (Å²) in [6.07, 6.45) is 0. The normalized spacial score (nSPS) is 12.4. The van der Waals surface area contributed by atoms with Gasteiger partial charge in [0.1, 0.15) is 12.6 Å². The molecule has 0 aromatic rings. The second-order valence-electron chi connectivity index (χ2n) is 2.90. The molecule has 6 nitrogen and oxygen atoms in total. The fraction of sp³-hybridized carbons (Fsp3) is 0.889. The first-order valence-electron chi connectivity index (χ1n) is 5.01. The topological polar surface area (TPSA) is 91.0 Å². The van der Waals surface area contributed by atoms with Crippen LogP contribution in [0.5, 0.6) is 0 Å². The van der Waals surface area contributed by atoms with Gasteiger partial charge in [-0.2, -0.15) is 12.6 Å². The van der Waals surface area contributed by atoms with Crippen molar-refractivity contribution < 1.29 is 24.1 Å². The molecule has 7 heteroatoms. The van der Waals surface area contributed by atoms with Gasteiger partial charge in [0.15, 0.2) is 0 Å². The van der Waals surface area contributed by atoms with Gasteiger partial charge in [-0.25, -0.2) is 0 Å². The Morgan fingerprint density at radius 3 is 2.31 bits per heavy atom. The molecule has 1 atom stereocenters. The maximum atomic E-state index is 11.0. The predicted octanol–water partition coefficient (Wildman–Crippen LogP) is -1.19. The second-order valence-corrected chi connectivity index (χ2v) is 3.27. The number of aliphatic hydroxyl groups is 1. The molecule has 0 spiro atoms. The molecule has 0 bridgehead atoms. The van der Waals surface area contributed by atoms with E-state index >= 15 is 0 Å². The number of carbonyl (C=O) groups is 1. The molecule has 96 valence electrons. The minimum atomic E-state index is -0.684. The first-order chi connectivity index (χ1) is 7.72. The average molecular weight is 253 g/mol. The molecule has 3 N–H and O–H groups in total. The summed E-state index contributed by atoms with van der Waals surface area (Å²) >= 11 is 3.87. The molecule has 0 fully saturated rings. The van der Waals surface area contributed by atoms with Gasteiger partial charge in [-0.3, -0.25) is 4.79 Å². The molecule has 0 saturated heterocycles. The lowest BCUT2D eigenvalue weighted by Crippen LogP contribution is -2.34. The lowest BCUT2D eigenvalue weighted by atomic mass is 10.4. The monoisotopic (exact) mass is 253 g/mol. The molecule has 0 amide bonds. The van der Waals surface area contributed by atoms with Crippen LogP contribution in [0.1, 0.15) is 0 Å². The highest BCUT2D eigenvalue weighted by atomic mass is 32.1. The van der Waals surface area contributed by atoms with E-state index in [-0.39, 0.29) is 19.0 Å². The van der Waals surface area contributed by atoms with Crippen LogP contribution in [0.3, 0.4) is 0 Å².